The lowest BCUT2D eigenvalue weighted by molar-refractivity contribution is 0.0424. The Kier molecular flexibility index (Phi) is 4.97. The Morgan fingerprint density at radius 2 is 2.19 bits per heavy atom. The molecule has 1 amide bonds. The van der Waals surface area contributed by atoms with E-state index < -0.39 is 6.17 Å². The average molecular weight is 433 g/mol. The molecule has 27 heavy (non-hydrogen) atoms. The number of nitrogens with one attached hydrogen (secondary N) is 1. The molecule has 2 aromatic carbocycles. The van der Waals surface area contributed by atoms with Crippen LogP contribution in [0.5, 0.6) is 11.5 Å². The number of halogens is 1. The van der Waals surface area contributed by atoms with Crippen molar-refractivity contribution >= 4 is 27.5 Å². The lowest BCUT2D eigenvalue weighted by Gasteiger charge is -2.39. The predicted octanol–water partition coefficient (Wildman–Crippen LogP) is 3.91. The highest BCUT2D eigenvalue weighted by Crippen LogP contribution is 2.42. The minimum atomic E-state index is -0.525. The molecule has 1 saturated heterocycles. The lowest BCUT2D eigenvalue weighted by atomic mass is 10.0. The first-order chi connectivity index (χ1) is 13.1. The molecular weight excluding hydrogens is 412 g/mol. The first kappa shape index (κ1) is 18.1. The molecule has 2 aliphatic rings. The summed E-state index contributed by atoms with van der Waals surface area (Å²) < 4.78 is 11.8. The first-order valence-electron chi connectivity index (χ1n) is 8.93. The van der Waals surface area contributed by atoms with E-state index in [1.54, 1.807) is 17.0 Å². The van der Waals surface area contributed by atoms with Crippen LogP contribution in [0.1, 0.15) is 34.9 Å². The zero-order valence-corrected chi connectivity index (χ0v) is 16.5. The number of para-hydroxylation sites is 1. The van der Waals surface area contributed by atoms with E-state index in [-0.39, 0.29) is 17.8 Å². The molecule has 4 rings (SSSR count). The third-order valence-electron chi connectivity index (χ3n) is 5.03. The van der Waals surface area contributed by atoms with Gasteiger partial charge in [0.05, 0.1) is 18.8 Å². The molecule has 0 unspecified atom stereocenters. The third-order valence-corrected chi connectivity index (χ3v) is 5.49. The van der Waals surface area contributed by atoms with E-state index in [4.69, 9.17) is 9.47 Å². The minimum absolute atomic E-state index is 0.000274. The summed E-state index contributed by atoms with van der Waals surface area (Å²) in [6.07, 6.45) is 1.39. The molecule has 0 aromatic heterocycles. The highest BCUT2D eigenvalue weighted by molar-refractivity contribution is 9.10. The second-order valence-corrected chi connectivity index (χ2v) is 7.65. The van der Waals surface area contributed by atoms with Crippen LogP contribution < -0.4 is 10.1 Å². The number of hydrogen-bond acceptors (Lipinski definition) is 5. The number of benzene rings is 2. The van der Waals surface area contributed by atoms with Crippen LogP contribution >= 0.6 is 15.9 Å². The number of fused-ring (bicyclic) bond motifs is 1. The largest absolute Gasteiger partial charge is 0.504 e. The van der Waals surface area contributed by atoms with Crippen LogP contribution in [0, 0.1) is 0 Å². The summed E-state index contributed by atoms with van der Waals surface area (Å²) in [5, 5.41) is 14.1. The van der Waals surface area contributed by atoms with Crippen LogP contribution in [0.3, 0.4) is 0 Å². The topological polar surface area (TPSA) is 71.0 Å². The number of methoxy groups -OCH3 is 1. The normalized spacial score (nSPS) is 21.7. The monoisotopic (exact) mass is 432 g/mol. The number of aromatic hydroxyl groups is 1. The fourth-order valence-corrected chi connectivity index (χ4v) is 4.15. The van der Waals surface area contributed by atoms with Crippen molar-refractivity contribution in [2.75, 3.05) is 25.6 Å². The van der Waals surface area contributed by atoms with Gasteiger partial charge >= 0.3 is 0 Å². The average Bonchev–Trinajstić information content (AvgIpc) is 3.19. The fraction of sp³-hybridized carbons (Fsp3) is 0.350. The van der Waals surface area contributed by atoms with Crippen molar-refractivity contribution in [2.45, 2.75) is 25.1 Å². The van der Waals surface area contributed by atoms with E-state index in [2.05, 4.69) is 21.2 Å². The second-order valence-electron chi connectivity index (χ2n) is 6.73. The Bertz CT molecular complexity index is 867. The van der Waals surface area contributed by atoms with Crippen molar-refractivity contribution in [1.29, 1.82) is 0 Å². The third kappa shape index (κ3) is 3.37. The van der Waals surface area contributed by atoms with Gasteiger partial charge in [-0.15, -0.1) is 0 Å². The molecule has 0 saturated carbocycles. The van der Waals surface area contributed by atoms with Gasteiger partial charge in [-0.25, -0.2) is 0 Å². The van der Waals surface area contributed by atoms with E-state index >= 15 is 0 Å². The van der Waals surface area contributed by atoms with Crippen molar-refractivity contribution in [3.05, 3.63) is 52.0 Å². The Morgan fingerprint density at radius 3 is 2.93 bits per heavy atom. The number of carbonyl (C=O) groups excluding carboxylic acids is 1. The van der Waals surface area contributed by atoms with E-state index in [1.165, 1.54) is 7.11 Å². The summed E-state index contributed by atoms with van der Waals surface area (Å²) in [5.74, 6) is 0.287. The maximum Gasteiger partial charge on any atom is 0.257 e. The van der Waals surface area contributed by atoms with Crippen molar-refractivity contribution in [1.82, 2.24) is 4.90 Å². The molecule has 142 valence electrons. The number of phenols is 1. The number of anilines is 1. The summed E-state index contributed by atoms with van der Waals surface area (Å²) in [5.41, 5.74) is 1.93. The fourth-order valence-electron chi connectivity index (χ4n) is 3.69. The summed E-state index contributed by atoms with van der Waals surface area (Å²) in [6, 6.07) is 10.9. The van der Waals surface area contributed by atoms with Gasteiger partial charge in [0.2, 0.25) is 0 Å². The van der Waals surface area contributed by atoms with E-state index in [9.17, 15) is 9.90 Å². The summed E-state index contributed by atoms with van der Waals surface area (Å²) in [4.78, 5) is 15.0. The molecule has 6 nitrogen and oxygen atoms in total. The molecule has 2 aromatic rings. The van der Waals surface area contributed by atoms with Crippen molar-refractivity contribution in [2.24, 2.45) is 0 Å². The summed E-state index contributed by atoms with van der Waals surface area (Å²) >= 11 is 3.46. The van der Waals surface area contributed by atoms with Crippen LogP contribution in [0.2, 0.25) is 0 Å². The van der Waals surface area contributed by atoms with Gasteiger partial charge in [0, 0.05) is 28.9 Å². The number of ether oxygens (including phenoxy) is 2. The highest BCUT2D eigenvalue weighted by Gasteiger charge is 2.37. The molecule has 0 radical (unpaired) electrons. The molecule has 2 atom stereocenters. The zero-order valence-electron chi connectivity index (χ0n) is 14.9. The number of carbonyl (C=O) groups is 1. The molecule has 2 aliphatic heterocycles. The van der Waals surface area contributed by atoms with E-state index in [0.29, 0.717) is 23.4 Å². The number of amides is 1. The maximum atomic E-state index is 13.2. The molecular formula is C20H21BrN2O4. The van der Waals surface area contributed by atoms with Gasteiger partial charge in [-0.3, -0.25) is 4.79 Å². The number of rotatable bonds is 4. The van der Waals surface area contributed by atoms with Gasteiger partial charge in [0.15, 0.2) is 11.5 Å². The number of hydrogen-bond donors (Lipinski definition) is 2. The SMILES string of the molecule is COc1cc(Br)cc([C@H]2Nc3ccccc3C(=O)N2C[C@H]2CCCO2)c1O. The standard InChI is InChI=1S/C20H21BrN2O4/c1-26-17-10-12(21)9-15(18(17)24)19-22-16-7-3-2-6-14(16)20(25)23(19)11-13-5-4-8-27-13/h2-3,6-7,9-10,13,19,22,24H,4-5,8,11H2,1H3/t13-,19+/m1/s1. The van der Waals surface area contributed by atoms with Crippen LogP contribution in [0.4, 0.5) is 5.69 Å². The van der Waals surface area contributed by atoms with Crippen molar-refractivity contribution in [3.8, 4) is 11.5 Å². The van der Waals surface area contributed by atoms with Crippen LogP contribution in [-0.4, -0.2) is 42.3 Å². The lowest BCUT2D eigenvalue weighted by Crippen LogP contribution is -2.46. The van der Waals surface area contributed by atoms with Gasteiger partial charge in [-0.1, -0.05) is 28.1 Å². The van der Waals surface area contributed by atoms with E-state index in [1.807, 2.05) is 24.3 Å². The van der Waals surface area contributed by atoms with Crippen LogP contribution in [0.15, 0.2) is 40.9 Å². The van der Waals surface area contributed by atoms with Crippen LogP contribution in [0.25, 0.3) is 0 Å². The zero-order chi connectivity index (χ0) is 19.0. The first-order valence-corrected chi connectivity index (χ1v) is 9.72. The molecule has 2 N–H and O–H groups in total. The molecule has 0 aliphatic carbocycles. The Morgan fingerprint density at radius 1 is 1.37 bits per heavy atom. The Hall–Kier alpha value is -2.25. The predicted molar refractivity (Wildman–Crippen MR) is 105 cm³/mol. The van der Waals surface area contributed by atoms with Gasteiger partial charge < -0.3 is 24.8 Å². The van der Waals surface area contributed by atoms with Crippen molar-refractivity contribution < 1.29 is 19.4 Å². The highest BCUT2D eigenvalue weighted by atomic mass is 79.9. The van der Waals surface area contributed by atoms with Crippen LogP contribution in [-0.2, 0) is 4.74 Å². The minimum Gasteiger partial charge on any atom is -0.504 e. The molecule has 2 heterocycles. The number of phenolic OH excluding ortho intramolecular Hbond substituents is 1. The molecule has 0 spiro atoms. The smallest absolute Gasteiger partial charge is 0.257 e. The van der Waals surface area contributed by atoms with Gasteiger partial charge in [0.1, 0.15) is 6.17 Å². The molecule has 0 bridgehead atoms. The molecule has 1 fully saturated rings. The maximum absolute atomic E-state index is 13.2. The van der Waals surface area contributed by atoms with Crippen molar-refractivity contribution in [3.63, 3.8) is 0 Å². The summed E-state index contributed by atoms with van der Waals surface area (Å²) in [7, 11) is 1.50. The quantitative estimate of drug-likeness (QED) is 0.765. The Labute approximate surface area is 166 Å². The molecule has 7 heteroatoms. The van der Waals surface area contributed by atoms with Gasteiger partial charge in [0.25, 0.3) is 5.91 Å². The Balaban J connectivity index is 1.78. The summed E-state index contributed by atoms with van der Waals surface area (Å²) in [6.45, 7) is 1.18. The van der Waals surface area contributed by atoms with Gasteiger partial charge in [-0.05, 0) is 37.1 Å². The number of nitrogens with zero attached hydrogens (tertiary/aromatic N) is 1. The van der Waals surface area contributed by atoms with E-state index in [0.717, 1.165) is 29.6 Å². The second kappa shape index (κ2) is 7.40. The van der Waals surface area contributed by atoms with Gasteiger partial charge in [-0.2, -0.15) is 0 Å².